The van der Waals surface area contributed by atoms with Gasteiger partial charge in [-0.15, -0.1) is 23.2 Å². The van der Waals surface area contributed by atoms with Crippen molar-refractivity contribution in [2.24, 2.45) is 7.05 Å². The van der Waals surface area contributed by atoms with E-state index in [1.807, 2.05) is 42.1 Å². The fourth-order valence-corrected chi connectivity index (χ4v) is 3.33. The second kappa shape index (κ2) is 6.84. The van der Waals surface area contributed by atoms with Crippen molar-refractivity contribution in [2.75, 3.05) is 11.8 Å². The first-order valence-corrected chi connectivity index (χ1v) is 7.90. The number of alkyl halides is 2. The first kappa shape index (κ1) is 15.7. The van der Waals surface area contributed by atoms with Crippen LogP contribution in [-0.4, -0.2) is 21.3 Å². The van der Waals surface area contributed by atoms with Crippen LogP contribution in [0.1, 0.15) is 17.8 Å². The minimum atomic E-state index is -0.278. The normalized spacial score (nSPS) is 11.8. The molecule has 0 N–H and O–H groups in total. The maximum atomic E-state index is 6.24. The zero-order valence-corrected chi connectivity index (χ0v) is 13.6. The fraction of sp³-hybridized carbons (Fsp3) is 0.400. The summed E-state index contributed by atoms with van der Waals surface area (Å²) in [6, 6.07) is 7.78. The molecule has 0 bridgehead atoms. The first-order valence-electron chi connectivity index (χ1n) is 6.45. The van der Waals surface area contributed by atoms with Crippen molar-refractivity contribution in [1.82, 2.24) is 9.55 Å². The predicted octanol–water partition coefficient (Wildman–Crippen LogP) is 4.42. The lowest BCUT2D eigenvalue weighted by atomic mass is 9.80. The number of benzene rings is 1. The lowest BCUT2D eigenvalue weighted by molar-refractivity contribution is 0.482. The van der Waals surface area contributed by atoms with Gasteiger partial charge in [-0.3, -0.25) is 0 Å². The van der Waals surface area contributed by atoms with Crippen LogP contribution in [0.25, 0.3) is 0 Å². The standard InChI is InChI=1S/C15H17Cl3N2/c1-20-8-7-19-14(20)5-6-15(10-16,11-17)12-3-2-4-13(18)9-12/h2-4,7-9H,5-6,10-11H2,1H3. The fourth-order valence-electron chi connectivity index (χ4n) is 2.27. The van der Waals surface area contributed by atoms with Gasteiger partial charge in [0.15, 0.2) is 0 Å². The first-order chi connectivity index (χ1) is 9.61. The van der Waals surface area contributed by atoms with E-state index < -0.39 is 0 Å². The summed E-state index contributed by atoms with van der Waals surface area (Å²) in [5, 5.41) is 0.708. The highest BCUT2D eigenvalue weighted by Crippen LogP contribution is 2.33. The SMILES string of the molecule is Cn1ccnc1CCC(CCl)(CCl)c1cccc(Cl)c1. The van der Waals surface area contributed by atoms with Crippen LogP contribution < -0.4 is 0 Å². The Morgan fingerprint density at radius 3 is 2.55 bits per heavy atom. The molecule has 1 aromatic heterocycles. The van der Waals surface area contributed by atoms with Gasteiger partial charge in [0.2, 0.25) is 0 Å². The molecule has 1 heterocycles. The van der Waals surface area contributed by atoms with Crippen LogP contribution in [0.3, 0.4) is 0 Å². The Bertz CT molecular complexity index is 562. The van der Waals surface area contributed by atoms with Crippen LogP contribution in [-0.2, 0) is 18.9 Å². The Morgan fingerprint density at radius 1 is 1.25 bits per heavy atom. The largest absolute Gasteiger partial charge is 0.338 e. The molecule has 0 aliphatic carbocycles. The highest BCUT2D eigenvalue weighted by atomic mass is 35.5. The Morgan fingerprint density at radius 2 is 2.00 bits per heavy atom. The summed E-state index contributed by atoms with van der Waals surface area (Å²) in [5.41, 5.74) is 0.809. The molecule has 20 heavy (non-hydrogen) atoms. The van der Waals surface area contributed by atoms with Gasteiger partial charge in [0.25, 0.3) is 0 Å². The summed E-state index contributed by atoms with van der Waals surface area (Å²) in [4.78, 5) is 4.35. The molecule has 2 rings (SSSR count). The maximum absolute atomic E-state index is 6.24. The minimum absolute atomic E-state index is 0.278. The van der Waals surface area contributed by atoms with Crippen molar-refractivity contribution in [2.45, 2.75) is 18.3 Å². The van der Waals surface area contributed by atoms with Gasteiger partial charge < -0.3 is 4.57 Å². The van der Waals surface area contributed by atoms with E-state index in [0.717, 1.165) is 24.2 Å². The van der Waals surface area contributed by atoms with Crippen LogP contribution in [0.4, 0.5) is 0 Å². The highest BCUT2D eigenvalue weighted by Gasteiger charge is 2.31. The second-order valence-corrected chi connectivity index (χ2v) is 5.98. The van der Waals surface area contributed by atoms with Crippen molar-refractivity contribution in [3.63, 3.8) is 0 Å². The van der Waals surface area contributed by atoms with E-state index in [1.165, 1.54) is 0 Å². The molecule has 0 spiro atoms. The van der Waals surface area contributed by atoms with Crippen LogP contribution in [0.5, 0.6) is 0 Å². The van der Waals surface area contributed by atoms with E-state index in [2.05, 4.69) is 4.98 Å². The van der Waals surface area contributed by atoms with Gasteiger partial charge in [0, 0.05) is 48.1 Å². The maximum Gasteiger partial charge on any atom is 0.108 e. The monoisotopic (exact) mass is 330 g/mol. The quantitative estimate of drug-likeness (QED) is 0.716. The molecular formula is C15H17Cl3N2. The highest BCUT2D eigenvalue weighted by molar-refractivity contribution is 6.30. The summed E-state index contributed by atoms with van der Waals surface area (Å²) in [7, 11) is 1.99. The second-order valence-electron chi connectivity index (χ2n) is 5.01. The predicted molar refractivity (Wildman–Crippen MR) is 86.1 cm³/mol. The summed E-state index contributed by atoms with van der Waals surface area (Å²) in [6.45, 7) is 0. The third kappa shape index (κ3) is 3.30. The lowest BCUT2D eigenvalue weighted by Crippen LogP contribution is -2.31. The number of nitrogens with zero attached hydrogens (tertiary/aromatic N) is 2. The molecule has 2 aromatic rings. The molecule has 1 aromatic carbocycles. The van der Waals surface area contributed by atoms with E-state index in [9.17, 15) is 0 Å². The molecule has 0 atom stereocenters. The topological polar surface area (TPSA) is 17.8 Å². The number of rotatable bonds is 6. The van der Waals surface area contributed by atoms with Crippen LogP contribution in [0, 0.1) is 0 Å². The van der Waals surface area contributed by atoms with Gasteiger partial charge in [-0.2, -0.15) is 0 Å². The van der Waals surface area contributed by atoms with Crippen molar-refractivity contribution in [1.29, 1.82) is 0 Å². The van der Waals surface area contributed by atoms with Gasteiger partial charge in [-0.25, -0.2) is 4.98 Å². The Balaban J connectivity index is 2.23. The van der Waals surface area contributed by atoms with Gasteiger partial charge >= 0.3 is 0 Å². The molecule has 108 valence electrons. The third-order valence-electron chi connectivity index (χ3n) is 3.70. The van der Waals surface area contributed by atoms with Gasteiger partial charge in [-0.1, -0.05) is 23.7 Å². The molecule has 2 nitrogen and oxygen atoms in total. The summed E-state index contributed by atoms with van der Waals surface area (Å²) in [6.07, 6.45) is 5.41. The lowest BCUT2D eigenvalue weighted by Gasteiger charge is -2.30. The van der Waals surface area contributed by atoms with E-state index in [-0.39, 0.29) is 5.41 Å². The average Bonchev–Trinajstić information content (AvgIpc) is 2.86. The zero-order valence-electron chi connectivity index (χ0n) is 11.3. The Kier molecular flexibility index (Phi) is 5.36. The van der Waals surface area contributed by atoms with Gasteiger partial charge in [0.05, 0.1) is 0 Å². The Labute approximate surface area is 134 Å². The average molecular weight is 332 g/mol. The van der Waals surface area contributed by atoms with Crippen LogP contribution in [0.2, 0.25) is 5.02 Å². The van der Waals surface area contributed by atoms with Crippen molar-refractivity contribution >= 4 is 34.8 Å². The molecule has 0 aliphatic heterocycles. The molecule has 0 unspecified atom stereocenters. The number of aryl methyl sites for hydroxylation is 2. The zero-order chi connectivity index (χ0) is 14.6. The third-order valence-corrected chi connectivity index (χ3v) is 4.95. The minimum Gasteiger partial charge on any atom is -0.338 e. The number of imidazole rings is 1. The van der Waals surface area contributed by atoms with Crippen molar-refractivity contribution < 1.29 is 0 Å². The van der Waals surface area contributed by atoms with E-state index in [1.54, 1.807) is 6.20 Å². The molecule has 5 heteroatoms. The van der Waals surface area contributed by atoms with Gasteiger partial charge in [0.1, 0.15) is 5.82 Å². The van der Waals surface area contributed by atoms with E-state index in [4.69, 9.17) is 34.8 Å². The summed E-state index contributed by atoms with van der Waals surface area (Å²) in [5.74, 6) is 1.95. The molecular weight excluding hydrogens is 315 g/mol. The summed E-state index contributed by atoms with van der Waals surface area (Å²) < 4.78 is 2.02. The van der Waals surface area contributed by atoms with Crippen molar-refractivity contribution in [3.05, 3.63) is 53.1 Å². The van der Waals surface area contributed by atoms with Crippen molar-refractivity contribution in [3.8, 4) is 0 Å². The molecule has 0 fully saturated rings. The van der Waals surface area contributed by atoms with Crippen LogP contribution in [0.15, 0.2) is 36.7 Å². The molecule has 0 saturated heterocycles. The molecule has 0 amide bonds. The number of halogens is 3. The molecule has 0 saturated carbocycles. The number of hydrogen-bond acceptors (Lipinski definition) is 1. The molecule has 0 aliphatic rings. The molecule has 0 radical (unpaired) electrons. The van der Waals surface area contributed by atoms with E-state index in [0.29, 0.717) is 16.8 Å². The Hall–Kier alpha value is -0.700. The van der Waals surface area contributed by atoms with Crippen LogP contribution >= 0.6 is 34.8 Å². The van der Waals surface area contributed by atoms with Gasteiger partial charge in [-0.05, 0) is 24.1 Å². The number of aromatic nitrogens is 2. The number of hydrogen-bond donors (Lipinski definition) is 0. The summed E-state index contributed by atoms with van der Waals surface area (Å²) >= 11 is 18.6. The van der Waals surface area contributed by atoms with E-state index >= 15 is 0 Å². The smallest absolute Gasteiger partial charge is 0.108 e.